The molecule has 0 aromatic carbocycles. The first kappa shape index (κ1) is 29.2. The lowest BCUT2D eigenvalue weighted by Gasteiger charge is -2.54. The maximum Gasteiger partial charge on any atom is 0.342 e. The van der Waals surface area contributed by atoms with Crippen molar-refractivity contribution in [3.63, 3.8) is 0 Å². The highest BCUT2D eigenvalue weighted by Gasteiger charge is 2.87. The third kappa shape index (κ3) is 4.48. The number of esters is 4. The van der Waals surface area contributed by atoms with Crippen LogP contribution in [0.25, 0.3) is 0 Å². The Hall–Kier alpha value is -2.76. The number of fused-ring (bicyclic) bond motifs is 1. The molecule has 0 aromatic rings. The van der Waals surface area contributed by atoms with Crippen molar-refractivity contribution >= 4 is 23.9 Å². The van der Waals surface area contributed by atoms with Crippen LogP contribution in [0.5, 0.6) is 0 Å². The minimum atomic E-state index is -1.95. The van der Waals surface area contributed by atoms with Crippen LogP contribution in [-0.2, 0) is 42.9 Å². The molecule has 0 amide bonds. The molecular formula is C28H38O11. The van der Waals surface area contributed by atoms with Crippen LogP contribution in [-0.4, -0.2) is 81.4 Å². The number of hydrogen-bond donors (Lipinski definition) is 2. The van der Waals surface area contributed by atoms with Crippen LogP contribution in [0.2, 0.25) is 0 Å². The zero-order valence-electron chi connectivity index (χ0n) is 23.4. The van der Waals surface area contributed by atoms with Crippen molar-refractivity contribution in [1.29, 1.82) is 0 Å². The first-order valence-electron chi connectivity index (χ1n) is 13.3. The molecule has 0 unspecified atom stereocenters. The molecule has 2 N–H and O–H groups in total. The average Bonchev–Trinajstić information content (AvgIpc) is 3.40. The summed E-state index contributed by atoms with van der Waals surface area (Å²) in [5, 5.41) is 22.8. The standard InChI is InChI=1S/C28H38O11/c1-8-9-21(32)37-17-13-19(35-15(3)29)25(5)11-10-18(31)26(6,34)22(25)23(36-16(4)30)28-20(12-14(17)2)38-24(33)27(28,7)39-28/h10-12,17-20,22-23,31,34H,8-9,13H2,1-7H3/t17-,18-,19+,20+,22+,23+,25-,26+,27+,28+/m1/s1. The molecule has 4 aliphatic rings. The van der Waals surface area contributed by atoms with Gasteiger partial charge in [-0.25, -0.2) is 4.79 Å². The van der Waals surface area contributed by atoms with Crippen molar-refractivity contribution in [1.82, 2.24) is 0 Å². The first-order chi connectivity index (χ1) is 18.0. The molecule has 0 saturated carbocycles. The molecule has 39 heavy (non-hydrogen) atoms. The number of ether oxygens (including phenoxy) is 5. The summed E-state index contributed by atoms with van der Waals surface area (Å²) in [5.41, 5.74) is -5.84. The molecule has 2 aliphatic heterocycles. The summed E-state index contributed by atoms with van der Waals surface area (Å²) in [6.07, 6.45) is -0.393. The fourth-order valence-electron chi connectivity index (χ4n) is 6.66. The molecule has 0 radical (unpaired) electrons. The smallest absolute Gasteiger partial charge is 0.342 e. The summed E-state index contributed by atoms with van der Waals surface area (Å²) in [6, 6.07) is 0. The average molecular weight is 551 g/mol. The van der Waals surface area contributed by atoms with Crippen molar-refractivity contribution in [3.05, 3.63) is 23.8 Å². The quantitative estimate of drug-likeness (QED) is 0.222. The fourth-order valence-corrected chi connectivity index (χ4v) is 6.66. The van der Waals surface area contributed by atoms with E-state index in [1.807, 2.05) is 6.92 Å². The molecule has 2 fully saturated rings. The molecule has 216 valence electrons. The largest absolute Gasteiger partial charge is 0.461 e. The van der Waals surface area contributed by atoms with Gasteiger partial charge < -0.3 is 33.9 Å². The lowest BCUT2D eigenvalue weighted by atomic mass is 9.55. The second kappa shape index (κ2) is 9.71. The SMILES string of the molecule is CCCC(=O)O[C@@H]1C[C@H](OC(C)=O)[C@@]2(C)C=C[C@@H](O)[C@](C)(O)[C@H]2[C@H](OC(C)=O)[C@]23O[C@@]2(C)C(=O)O[C@H]3C=C1C. The second-order valence-electron chi connectivity index (χ2n) is 11.6. The highest BCUT2D eigenvalue weighted by molar-refractivity contribution is 5.89. The predicted octanol–water partition coefficient (Wildman–Crippen LogP) is 1.67. The van der Waals surface area contributed by atoms with E-state index < -0.39 is 82.5 Å². The summed E-state index contributed by atoms with van der Waals surface area (Å²) < 4.78 is 29.3. The number of carbonyl (C=O) groups is 4. The highest BCUT2D eigenvalue weighted by atomic mass is 16.7. The number of hydrogen-bond acceptors (Lipinski definition) is 11. The van der Waals surface area contributed by atoms with Crippen LogP contribution in [0.3, 0.4) is 0 Å². The first-order valence-corrected chi connectivity index (χ1v) is 13.3. The minimum Gasteiger partial charge on any atom is -0.461 e. The number of carbonyl (C=O) groups excluding carboxylic acids is 4. The number of epoxide rings is 1. The molecule has 10 atom stereocenters. The normalized spacial score (nSPS) is 44.5. The summed E-state index contributed by atoms with van der Waals surface area (Å²) in [7, 11) is 0. The maximum atomic E-state index is 13.1. The molecule has 11 nitrogen and oxygen atoms in total. The lowest BCUT2D eigenvalue weighted by Crippen LogP contribution is -2.67. The molecule has 0 bridgehead atoms. The third-order valence-electron chi connectivity index (χ3n) is 8.76. The molecule has 4 rings (SSSR count). The lowest BCUT2D eigenvalue weighted by molar-refractivity contribution is -0.215. The molecule has 2 saturated heterocycles. The van der Waals surface area contributed by atoms with Gasteiger partial charge in [0, 0.05) is 38.0 Å². The Bertz CT molecular complexity index is 1120. The summed E-state index contributed by atoms with van der Waals surface area (Å²) in [6.45, 7) is 10.6. The zero-order valence-corrected chi connectivity index (χ0v) is 23.4. The van der Waals surface area contributed by atoms with Gasteiger partial charge in [0.25, 0.3) is 0 Å². The van der Waals surface area contributed by atoms with E-state index in [2.05, 4.69) is 0 Å². The molecular weight excluding hydrogens is 512 g/mol. The van der Waals surface area contributed by atoms with Crippen molar-refractivity contribution < 1.29 is 53.1 Å². The minimum absolute atomic E-state index is 0.0144. The molecule has 11 heteroatoms. The molecule has 2 heterocycles. The van der Waals surface area contributed by atoms with Gasteiger partial charge in [0.1, 0.15) is 24.4 Å². The van der Waals surface area contributed by atoms with Crippen LogP contribution < -0.4 is 0 Å². The third-order valence-corrected chi connectivity index (χ3v) is 8.76. The van der Waals surface area contributed by atoms with E-state index in [1.54, 1.807) is 26.0 Å². The number of rotatable bonds is 5. The topological polar surface area (TPSA) is 158 Å². The summed E-state index contributed by atoms with van der Waals surface area (Å²) in [5.74, 6) is -3.64. The van der Waals surface area contributed by atoms with Gasteiger partial charge in [-0.3, -0.25) is 14.4 Å². The van der Waals surface area contributed by atoms with E-state index in [-0.39, 0.29) is 12.8 Å². The van der Waals surface area contributed by atoms with Crippen molar-refractivity contribution in [2.75, 3.05) is 0 Å². The summed E-state index contributed by atoms with van der Waals surface area (Å²) >= 11 is 0. The number of aliphatic hydroxyl groups is 2. The van der Waals surface area contributed by atoms with Crippen LogP contribution >= 0.6 is 0 Å². The number of aliphatic hydroxyl groups excluding tert-OH is 1. The van der Waals surface area contributed by atoms with Crippen LogP contribution in [0, 0.1) is 11.3 Å². The van der Waals surface area contributed by atoms with Crippen molar-refractivity contribution in [2.24, 2.45) is 11.3 Å². The van der Waals surface area contributed by atoms with Gasteiger partial charge in [0.2, 0.25) is 0 Å². The van der Waals surface area contributed by atoms with Gasteiger partial charge in [0.15, 0.2) is 17.3 Å². The van der Waals surface area contributed by atoms with Gasteiger partial charge in [-0.05, 0) is 38.8 Å². The van der Waals surface area contributed by atoms with E-state index in [9.17, 15) is 29.4 Å². The van der Waals surface area contributed by atoms with Gasteiger partial charge in [0.05, 0.1) is 5.60 Å². The molecule has 0 aromatic heterocycles. The highest BCUT2D eigenvalue weighted by Crippen LogP contribution is 2.65. The van der Waals surface area contributed by atoms with Crippen LogP contribution in [0.15, 0.2) is 23.8 Å². The Labute approximate surface area is 227 Å². The van der Waals surface area contributed by atoms with Gasteiger partial charge >= 0.3 is 23.9 Å². The van der Waals surface area contributed by atoms with Crippen molar-refractivity contribution in [3.8, 4) is 0 Å². The second-order valence-corrected chi connectivity index (χ2v) is 11.6. The summed E-state index contributed by atoms with van der Waals surface area (Å²) in [4.78, 5) is 50.5. The Balaban J connectivity index is 2.00. The molecule has 1 spiro atoms. The molecule has 2 aliphatic carbocycles. The predicted molar refractivity (Wildman–Crippen MR) is 134 cm³/mol. The Morgan fingerprint density at radius 3 is 2.31 bits per heavy atom. The fraction of sp³-hybridized carbons (Fsp3) is 0.714. The Kier molecular flexibility index (Phi) is 7.27. The monoisotopic (exact) mass is 550 g/mol. The zero-order chi connectivity index (χ0) is 29.1. The van der Waals surface area contributed by atoms with Crippen LogP contribution in [0.1, 0.15) is 67.7 Å². The van der Waals surface area contributed by atoms with Gasteiger partial charge in [-0.2, -0.15) is 0 Å². The van der Waals surface area contributed by atoms with E-state index >= 15 is 0 Å². The Morgan fingerprint density at radius 1 is 1.10 bits per heavy atom. The van der Waals surface area contributed by atoms with Gasteiger partial charge in [-0.15, -0.1) is 0 Å². The van der Waals surface area contributed by atoms with E-state index in [0.29, 0.717) is 12.0 Å². The van der Waals surface area contributed by atoms with E-state index in [1.165, 1.54) is 33.8 Å². The van der Waals surface area contributed by atoms with E-state index in [4.69, 9.17) is 23.7 Å². The maximum absolute atomic E-state index is 13.1. The van der Waals surface area contributed by atoms with Gasteiger partial charge in [-0.1, -0.05) is 26.0 Å². The Morgan fingerprint density at radius 2 is 1.74 bits per heavy atom. The van der Waals surface area contributed by atoms with E-state index in [0.717, 1.165) is 0 Å². The van der Waals surface area contributed by atoms with Crippen molar-refractivity contribution in [2.45, 2.75) is 115 Å². The van der Waals surface area contributed by atoms with Crippen LogP contribution in [0.4, 0.5) is 0 Å².